The number of aromatic nitrogens is 1. The van der Waals surface area contributed by atoms with Crippen LogP contribution in [0.3, 0.4) is 0 Å². The predicted molar refractivity (Wildman–Crippen MR) is 90.6 cm³/mol. The largest absolute Gasteiger partial charge is 0.446 e. The zero-order valence-corrected chi connectivity index (χ0v) is 14.4. The first kappa shape index (κ1) is 18.6. The minimum absolute atomic E-state index is 0.00317. The predicted octanol–water partition coefficient (Wildman–Crippen LogP) is 3.01. The lowest BCUT2D eigenvalue weighted by Crippen LogP contribution is -2.32. The maximum atomic E-state index is 13.9. The van der Waals surface area contributed by atoms with Crippen LogP contribution in [0.1, 0.15) is 53.4 Å². The molecule has 2 rings (SSSR count). The van der Waals surface area contributed by atoms with Crippen LogP contribution < -0.4 is 5.32 Å². The summed E-state index contributed by atoms with van der Waals surface area (Å²) in [5.74, 6) is -1.09. The van der Waals surface area contributed by atoms with E-state index in [0.717, 1.165) is 6.42 Å². The van der Waals surface area contributed by atoms with Crippen LogP contribution in [0.5, 0.6) is 0 Å². The maximum Gasteiger partial charge on any atom is 0.273 e. The van der Waals surface area contributed by atoms with Gasteiger partial charge in [0.05, 0.1) is 12.1 Å². The molecule has 0 bridgehead atoms. The molecule has 134 valence electrons. The number of carbonyl (C=O) groups is 2. The first-order valence-corrected chi connectivity index (χ1v) is 8.33. The third-order valence-electron chi connectivity index (χ3n) is 3.53. The molecule has 25 heavy (non-hydrogen) atoms. The van der Waals surface area contributed by atoms with Crippen molar-refractivity contribution in [1.82, 2.24) is 15.2 Å². The molecular formula is C18H22FN3O3. The van der Waals surface area contributed by atoms with E-state index in [1.807, 2.05) is 13.8 Å². The van der Waals surface area contributed by atoms with Crippen molar-refractivity contribution in [3.8, 4) is 0 Å². The highest BCUT2D eigenvalue weighted by Crippen LogP contribution is 2.14. The summed E-state index contributed by atoms with van der Waals surface area (Å²) >= 11 is 0. The van der Waals surface area contributed by atoms with Crippen molar-refractivity contribution in [2.45, 2.75) is 33.2 Å². The average Bonchev–Trinajstić information content (AvgIpc) is 3.08. The Balaban J connectivity index is 2.12. The third kappa shape index (κ3) is 4.89. The number of benzene rings is 1. The third-order valence-corrected chi connectivity index (χ3v) is 3.53. The second kappa shape index (κ2) is 8.96. The Labute approximate surface area is 146 Å². The maximum absolute atomic E-state index is 13.9. The van der Waals surface area contributed by atoms with Crippen molar-refractivity contribution >= 4 is 11.8 Å². The van der Waals surface area contributed by atoms with Gasteiger partial charge in [0.15, 0.2) is 5.69 Å². The van der Waals surface area contributed by atoms with Gasteiger partial charge in [0.1, 0.15) is 12.1 Å². The number of carbonyl (C=O) groups excluding carboxylic acids is 2. The number of halogens is 1. The van der Waals surface area contributed by atoms with Crippen LogP contribution in [0, 0.1) is 5.82 Å². The quantitative estimate of drug-likeness (QED) is 0.796. The molecule has 0 fully saturated rings. The summed E-state index contributed by atoms with van der Waals surface area (Å²) in [6, 6.07) is 5.84. The van der Waals surface area contributed by atoms with Crippen LogP contribution in [0.15, 0.2) is 34.9 Å². The molecule has 1 heterocycles. The minimum atomic E-state index is -0.569. The molecule has 6 nitrogen and oxygen atoms in total. The van der Waals surface area contributed by atoms with Gasteiger partial charge < -0.3 is 14.6 Å². The highest BCUT2D eigenvalue weighted by atomic mass is 19.1. The van der Waals surface area contributed by atoms with Crippen LogP contribution in [0.2, 0.25) is 0 Å². The molecule has 2 amide bonds. The number of amides is 2. The molecule has 0 atom stereocenters. The summed E-state index contributed by atoms with van der Waals surface area (Å²) in [6.45, 7) is 4.91. The van der Waals surface area contributed by atoms with Gasteiger partial charge in [0.2, 0.25) is 5.89 Å². The Morgan fingerprint density at radius 1 is 1.24 bits per heavy atom. The molecule has 2 aromatic rings. The first-order valence-electron chi connectivity index (χ1n) is 8.33. The highest BCUT2D eigenvalue weighted by molar-refractivity contribution is 5.94. The van der Waals surface area contributed by atoms with Crippen LogP contribution in [-0.2, 0) is 6.54 Å². The molecule has 1 N–H and O–H groups in total. The molecule has 7 heteroatoms. The Kier molecular flexibility index (Phi) is 6.68. The Bertz CT molecular complexity index is 730. The molecule has 0 radical (unpaired) electrons. The molecule has 0 aliphatic heterocycles. The van der Waals surface area contributed by atoms with E-state index in [2.05, 4.69) is 10.3 Å². The van der Waals surface area contributed by atoms with Gasteiger partial charge in [-0.1, -0.05) is 26.0 Å². The second-order valence-corrected chi connectivity index (χ2v) is 5.59. The first-order chi connectivity index (χ1) is 12.1. The van der Waals surface area contributed by atoms with E-state index in [-0.39, 0.29) is 29.6 Å². The standard InChI is InChI=1S/C18H22FN3O3/c1-3-9-20-17(23)15-12-25-16(21-15)11-22(10-4-2)18(24)13-7-5-6-8-14(13)19/h5-8,12H,3-4,9-11H2,1-2H3,(H,20,23). The van der Waals surface area contributed by atoms with E-state index in [1.165, 1.54) is 29.4 Å². The molecule has 0 saturated carbocycles. The lowest BCUT2D eigenvalue weighted by molar-refractivity contribution is 0.0723. The van der Waals surface area contributed by atoms with Gasteiger partial charge in [-0.15, -0.1) is 0 Å². The fourth-order valence-electron chi connectivity index (χ4n) is 2.31. The molecule has 1 aromatic heterocycles. The van der Waals surface area contributed by atoms with Crippen molar-refractivity contribution in [2.75, 3.05) is 13.1 Å². The summed E-state index contributed by atoms with van der Waals surface area (Å²) in [7, 11) is 0. The van der Waals surface area contributed by atoms with Crippen LogP contribution in [-0.4, -0.2) is 34.8 Å². The molecule has 0 saturated heterocycles. The van der Waals surface area contributed by atoms with Gasteiger partial charge in [-0.2, -0.15) is 0 Å². The normalized spacial score (nSPS) is 10.5. The lowest BCUT2D eigenvalue weighted by atomic mass is 10.2. The van der Waals surface area contributed by atoms with E-state index in [1.54, 1.807) is 6.07 Å². The Morgan fingerprint density at radius 2 is 2.00 bits per heavy atom. The van der Waals surface area contributed by atoms with Gasteiger partial charge in [0, 0.05) is 13.1 Å². The van der Waals surface area contributed by atoms with Crippen molar-refractivity contribution in [2.24, 2.45) is 0 Å². The van der Waals surface area contributed by atoms with E-state index >= 15 is 0 Å². The minimum Gasteiger partial charge on any atom is -0.446 e. The average molecular weight is 347 g/mol. The number of hydrogen-bond acceptors (Lipinski definition) is 4. The number of nitrogens with zero attached hydrogens (tertiary/aromatic N) is 2. The van der Waals surface area contributed by atoms with Crippen molar-refractivity contribution in [1.29, 1.82) is 0 Å². The summed E-state index contributed by atoms with van der Waals surface area (Å²) in [5, 5.41) is 2.70. The summed E-state index contributed by atoms with van der Waals surface area (Å²) < 4.78 is 19.2. The van der Waals surface area contributed by atoms with E-state index in [9.17, 15) is 14.0 Å². The summed E-state index contributed by atoms with van der Waals surface area (Å²) in [4.78, 5) is 30.0. The van der Waals surface area contributed by atoms with Gasteiger partial charge in [-0.05, 0) is 25.0 Å². The van der Waals surface area contributed by atoms with Crippen LogP contribution in [0.4, 0.5) is 4.39 Å². The fourth-order valence-corrected chi connectivity index (χ4v) is 2.31. The zero-order valence-electron chi connectivity index (χ0n) is 14.4. The zero-order chi connectivity index (χ0) is 18.2. The van der Waals surface area contributed by atoms with Gasteiger partial charge in [0.25, 0.3) is 11.8 Å². The van der Waals surface area contributed by atoms with E-state index < -0.39 is 11.7 Å². The van der Waals surface area contributed by atoms with Crippen LogP contribution >= 0.6 is 0 Å². The van der Waals surface area contributed by atoms with E-state index in [0.29, 0.717) is 19.5 Å². The van der Waals surface area contributed by atoms with Gasteiger partial charge in [-0.3, -0.25) is 9.59 Å². The molecular weight excluding hydrogens is 325 g/mol. The van der Waals surface area contributed by atoms with Crippen molar-refractivity contribution in [3.63, 3.8) is 0 Å². The number of hydrogen-bond donors (Lipinski definition) is 1. The van der Waals surface area contributed by atoms with Crippen LogP contribution in [0.25, 0.3) is 0 Å². The SMILES string of the molecule is CCCNC(=O)c1coc(CN(CCC)C(=O)c2ccccc2F)n1. The molecule has 1 aromatic carbocycles. The lowest BCUT2D eigenvalue weighted by Gasteiger charge is -2.20. The fraction of sp³-hybridized carbons (Fsp3) is 0.389. The van der Waals surface area contributed by atoms with Crippen molar-refractivity contribution in [3.05, 3.63) is 53.5 Å². The number of rotatable bonds is 8. The van der Waals surface area contributed by atoms with Gasteiger partial charge >= 0.3 is 0 Å². The number of oxazole rings is 1. The Morgan fingerprint density at radius 3 is 2.68 bits per heavy atom. The molecule has 0 aliphatic carbocycles. The molecule has 0 aliphatic rings. The summed E-state index contributed by atoms with van der Waals surface area (Å²) in [5.41, 5.74) is 0.168. The topological polar surface area (TPSA) is 75.4 Å². The monoisotopic (exact) mass is 347 g/mol. The second-order valence-electron chi connectivity index (χ2n) is 5.59. The van der Waals surface area contributed by atoms with Gasteiger partial charge in [-0.25, -0.2) is 9.37 Å². The van der Waals surface area contributed by atoms with Crippen molar-refractivity contribution < 1.29 is 18.4 Å². The Hall–Kier alpha value is -2.70. The highest BCUT2D eigenvalue weighted by Gasteiger charge is 2.21. The van der Waals surface area contributed by atoms with E-state index in [4.69, 9.17) is 4.42 Å². The summed E-state index contributed by atoms with van der Waals surface area (Å²) in [6.07, 6.45) is 2.78. The molecule has 0 unspecified atom stereocenters. The molecule has 0 spiro atoms. The number of nitrogens with one attached hydrogen (secondary N) is 1. The smallest absolute Gasteiger partial charge is 0.273 e.